The van der Waals surface area contributed by atoms with Crippen molar-refractivity contribution in [3.05, 3.63) is 60.0 Å². The van der Waals surface area contributed by atoms with Gasteiger partial charge in [-0.1, -0.05) is 24.3 Å². The van der Waals surface area contributed by atoms with E-state index < -0.39 is 18.5 Å². The predicted molar refractivity (Wildman–Crippen MR) is 103 cm³/mol. The monoisotopic (exact) mass is 418 g/mol. The van der Waals surface area contributed by atoms with Crippen molar-refractivity contribution in [3.8, 4) is 5.75 Å². The molecule has 0 aliphatic heterocycles. The van der Waals surface area contributed by atoms with Gasteiger partial charge in [-0.15, -0.1) is 0 Å². The Balaban J connectivity index is 1.31. The molecule has 1 aromatic heterocycles. The number of hydrogen-bond acceptors (Lipinski definition) is 6. The van der Waals surface area contributed by atoms with Crippen molar-refractivity contribution >= 4 is 23.0 Å². The number of alkyl halides is 2. The van der Waals surface area contributed by atoms with E-state index in [1.54, 1.807) is 18.2 Å². The van der Waals surface area contributed by atoms with Gasteiger partial charge in [-0.2, -0.15) is 8.78 Å². The Morgan fingerprint density at radius 1 is 1.07 bits per heavy atom. The average molecular weight is 418 g/mol. The number of nitrogens with zero attached hydrogens (tertiary/aromatic N) is 1. The van der Waals surface area contributed by atoms with Gasteiger partial charge in [0.2, 0.25) is 0 Å². The molecule has 1 heterocycles. The maximum absolute atomic E-state index is 12.1. The van der Waals surface area contributed by atoms with Crippen molar-refractivity contribution in [2.75, 3.05) is 13.2 Å². The Hall–Kier alpha value is -3.49. The molecule has 3 aromatic rings. The lowest BCUT2D eigenvalue weighted by molar-refractivity contribution is -0.148. The van der Waals surface area contributed by atoms with Crippen LogP contribution in [0.3, 0.4) is 0 Å². The van der Waals surface area contributed by atoms with E-state index in [2.05, 4.69) is 15.0 Å². The number of hydrogen-bond donors (Lipinski definition) is 1. The number of oxazole rings is 1. The molecule has 158 valence electrons. The lowest BCUT2D eigenvalue weighted by Gasteiger charge is -2.08. The minimum Gasteiger partial charge on any atom is -0.456 e. The molecule has 1 amide bonds. The van der Waals surface area contributed by atoms with Gasteiger partial charge in [-0.25, -0.2) is 4.98 Å². The minimum absolute atomic E-state index is 0.0487. The Kier molecular flexibility index (Phi) is 7.31. The molecule has 0 saturated carbocycles. The number of halogens is 2. The van der Waals surface area contributed by atoms with Crippen molar-refractivity contribution in [2.45, 2.75) is 25.9 Å². The standard InChI is InChI=1S/C21H20F2N2O5/c22-21(23)29-15-7-5-14(6-8-15)11-12-24-18(26)13-28-20(27)10-9-19-25-16-3-1-2-4-17(16)30-19/h1-8,21H,9-13H2,(H,24,26). The molecule has 2 aromatic carbocycles. The number of para-hydroxylation sites is 2. The highest BCUT2D eigenvalue weighted by atomic mass is 19.3. The fraction of sp³-hybridized carbons (Fsp3) is 0.286. The lowest BCUT2D eigenvalue weighted by Crippen LogP contribution is -2.30. The fourth-order valence-corrected chi connectivity index (χ4v) is 2.69. The number of esters is 1. The van der Waals surface area contributed by atoms with Crippen LogP contribution in [0.5, 0.6) is 5.75 Å². The number of ether oxygens (including phenoxy) is 2. The molecule has 3 rings (SSSR count). The van der Waals surface area contributed by atoms with E-state index in [-0.39, 0.29) is 25.2 Å². The van der Waals surface area contributed by atoms with Gasteiger partial charge in [-0.05, 0) is 36.2 Å². The first-order valence-corrected chi connectivity index (χ1v) is 9.30. The van der Waals surface area contributed by atoms with Gasteiger partial charge in [0.25, 0.3) is 5.91 Å². The molecule has 1 N–H and O–H groups in total. The third kappa shape index (κ3) is 6.54. The summed E-state index contributed by atoms with van der Waals surface area (Å²) in [6, 6.07) is 13.4. The maximum Gasteiger partial charge on any atom is 0.387 e. The van der Waals surface area contributed by atoms with E-state index in [1.807, 2.05) is 18.2 Å². The second-order valence-electron chi connectivity index (χ2n) is 6.36. The van der Waals surface area contributed by atoms with Crippen LogP contribution in [0, 0.1) is 0 Å². The van der Waals surface area contributed by atoms with Gasteiger partial charge in [0.05, 0.1) is 6.42 Å². The largest absolute Gasteiger partial charge is 0.456 e. The molecule has 0 aliphatic carbocycles. The van der Waals surface area contributed by atoms with E-state index in [4.69, 9.17) is 9.15 Å². The zero-order chi connectivity index (χ0) is 21.3. The second-order valence-corrected chi connectivity index (χ2v) is 6.36. The maximum atomic E-state index is 12.1. The van der Waals surface area contributed by atoms with Crippen LogP contribution >= 0.6 is 0 Å². The third-order valence-corrected chi connectivity index (χ3v) is 4.13. The molecule has 0 aliphatic rings. The molecule has 0 radical (unpaired) electrons. The Morgan fingerprint density at radius 3 is 2.57 bits per heavy atom. The number of carbonyl (C=O) groups excluding carboxylic acids is 2. The molecule has 0 atom stereocenters. The van der Waals surface area contributed by atoms with Crippen LogP contribution in [-0.2, 0) is 27.2 Å². The first-order chi connectivity index (χ1) is 14.5. The Labute approximate surface area is 171 Å². The highest BCUT2D eigenvalue weighted by Crippen LogP contribution is 2.16. The fourth-order valence-electron chi connectivity index (χ4n) is 2.69. The van der Waals surface area contributed by atoms with Crippen LogP contribution in [0.25, 0.3) is 11.1 Å². The molecule has 0 spiro atoms. The first kappa shape index (κ1) is 21.2. The van der Waals surface area contributed by atoms with Gasteiger partial charge < -0.3 is 19.2 Å². The van der Waals surface area contributed by atoms with Crippen LogP contribution in [0.2, 0.25) is 0 Å². The Bertz CT molecular complexity index is 955. The highest BCUT2D eigenvalue weighted by molar-refractivity contribution is 5.80. The van der Waals surface area contributed by atoms with Gasteiger partial charge in [0.15, 0.2) is 18.1 Å². The molecule has 0 saturated heterocycles. The van der Waals surface area contributed by atoms with E-state index >= 15 is 0 Å². The normalized spacial score (nSPS) is 10.9. The molecule has 0 unspecified atom stereocenters. The van der Waals surface area contributed by atoms with Gasteiger partial charge in [0.1, 0.15) is 11.3 Å². The topological polar surface area (TPSA) is 90.7 Å². The molecular formula is C21H20F2N2O5. The summed E-state index contributed by atoms with van der Waals surface area (Å²) in [6.45, 7) is -2.94. The molecular weight excluding hydrogens is 398 g/mol. The average Bonchev–Trinajstić information content (AvgIpc) is 3.15. The SMILES string of the molecule is O=C(COC(=O)CCc1nc2ccccc2o1)NCCc1ccc(OC(F)F)cc1. The van der Waals surface area contributed by atoms with Crippen LogP contribution in [-0.4, -0.2) is 36.6 Å². The summed E-state index contributed by atoms with van der Waals surface area (Å²) in [4.78, 5) is 27.9. The highest BCUT2D eigenvalue weighted by Gasteiger charge is 2.11. The number of fused-ring (bicyclic) bond motifs is 1. The third-order valence-electron chi connectivity index (χ3n) is 4.13. The number of amides is 1. The second kappa shape index (κ2) is 10.3. The van der Waals surface area contributed by atoms with E-state index in [1.165, 1.54) is 12.1 Å². The molecule has 30 heavy (non-hydrogen) atoms. The number of carbonyl (C=O) groups is 2. The molecule has 7 nitrogen and oxygen atoms in total. The summed E-state index contributed by atoms with van der Waals surface area (Å²) in [5.41, 5.74) is 2.21. The smallest absolute Gasteiger partial charge is 0.387 e. The summed E-state index contributed by atoms with van der Waals surface area (Å²) < 4.78 is 39.0. The van der Waals surface area contributed by atoms with E-state index in [9.17, 15) is 18.4 Å². The minimum atomic E-state index is -2.87. The van der Waals surface area contributed by atoms with Gasteiger partial charge in [0, 0.05) is 13.0 Å². The number of nitrogens with one attached hydrogen (secondary N) is 1. The first-order valence-electron chi connectivity index (χ1n) is 9.30. The molecule has 0 bridgehead atoms. The summed E-state index contributed by atoms with van der Waals surface area (Å²) in [6.07, 6.45) is 0.819. The Morgan fingerprint density at radius 2 is 1.83 bits per heavy atom. The van der Waals surface area contributed by atoms with Crippen molar-refractivity contribution < 1.29 is 32.3 Å². The zero-order valence-corrected chi connectivity index (χ0v) is 16.0. The lowest BCUT2D eigenvalue weighted by atomic mass is 10.1. The number of aromatic nitrogens is 1. The number of benzene rings is 2. The summed E-state index contributed by atoms with van der Waals surface area (Å²) in [5.74, 6) is -0.449. The summed E-state index contributed by atoms with van der Waals surface area (Å²) in [5, 5.41) is 2.63. The van der Waals surface area contributed by atoms with Crippen LogP contribution in [0.15, 0.2) is 52.9 Å². The van der Waals surface area contributed by atoms with Crippen molar-refractivity contribution in [2.24, 2.45) is 0 Å². The number of rotatable bonds is 10. The predicted octanol–water partition coefficient (Wildman–Crippen LogP) is 3.26. The quantitative estimate of drug-likeness (QED) is 0.508. The number of aryl methyl sites for hydroxylation is 1. The zero-order valence-electron chi connectivity index (χ0n) is 16.0. The van der Waals surface area contributed by atoms with Crippen LogP contribution in [0.1, 0.15) is 17.9 Å². The summed E-state index contributed by atoms with van der Waals surface area (Å²) >= 11 is 0. The molecule has 9 heteroatoms. The van der Waals surface area contributed by atoms with E-state index in [0.717, 1.165) is 11.1 Å². The van der Waals surface area contributed by atoms with Crippen molar-refractivity contribution in [1.82, 2.24) is 10.3 Å². The van der Waals surface area contributed by atoms with E-state index in [0.29, 0.717) is 24.4 Å². The van der Waals surface area contributed by atoms with Crippen LogP contribution in [0.4, 0.5) is 8.78 Å². The van der Waals surface area contributed by atoms with Crippen molar-refractivity contribution in [3.63, 3.8) is 0 Å². The van der Waals surface area contributed by atoms with Crippen LogP contribution < -0.4 is 10.1 Å². The van der Waals surface area contributed by atoms with Gasteiger partial charge >= 0.3 is 12.6 Å². The summed E-state index contributed by atoms with van der Waals surface area (Å²) in [7, 11) is 0. The van der Waals surface area contributed by atoms with Gasteiger partial charge in [-0.3, -0.25) is 9.59 Å². The molecule has 0 fully saturated rings. The van der Waals surface area contributed by atoms with Crippen molar-refractivity contribution in [1.29, 1.82) is 0 Å².